The molecule has 112 valence electrons. The number of hydrogen-bond donors (Lipinski definition) is 3. The zero-order valence-electron chi connectivity index (χ0n) is 12.5. The summed E-state index contributed by atoms with van der Waals surface area (Å²) in [6.07, 6.45) is 5.03. The summed E-state index contributed by atoms with van der Waals surface area (Å²) < 4.78 is 0. The van der Waals surface area contributed by atoms with Crippen LogP contribution >= 0.6 is 0 Å². The third-order valence-corrected chi connectivity index (χ3v) is 3.78. The SMILES string of the molecule is CCCNc1nc(C)cc(NCC2CCC(O)CC2)n1. The van der Waals surface area contributed by atoms with Gasteiger partial charge in [-0.3, -0.25) is 0 Å². The zero-order valence-corrected chi connectivity index (χ0v) is 12.5. The fraction of sp³-hybridized carbons (Fsp3) is 0.733. The molecule has 5 heteroatoms. The molecule has 3 N–H and O–H groups in total. The van der Waals surface area contributed by atoms with E-state index in [-0.39, 0.29) is 6.10 Å². The molecule has 20 heavy (non-hydrogen) atoms. The summed E-state index contributed by atoms with van der Waals surface area (Å²) in [5.41, 5.74) is 0.972. The van der Waals surface area contributed by atoms with Crippen LogP contribution in [0.4, 0.5) is 11.8 Å². The number of aromatic nitrogens is 2. The van der Waals surface area contributed by atoms with Crippen molar-refractivity contribution in [3.8, 4) is 0 Å². The first-order valence-electron chi connectivity index (χ1n) is 7.69. The molecule has 0 amide bonds. The number of nitrogens with zero attached hydrogens (tertiary/aromatic N) is 2. The van der Waals surface area contributed by atoms with Crippen LogP contribution in [0.25, 0.3) is 0 Å². The Labute approximate surface area is 121 Å². The maximum absolute atomic E-state index is 9.52. The molecule has 1 saturated carbocycles. The van der Waals surface area contributed by atoms with Gasteiger partial charge in [-0.05, 0) is 44.9 Å². The Morgan fingerprint density at radius 2 is 1.95 bits per heavy atom. The highest BCUT2D eigenvalue weighted by molar-refractivity contribution is 5.42. The number of anilines is 2. The van der Waals surface area contributed by atoms with Crippen LogP contribution in [-0.4, -0.2) is 34.3 Å². The number of nitrogens with one attached hydrogen (secondary N) is 2. The number of aliphatic hydroxyl groups excluding tert-OH is 1. The lowest BCUT2D eigenvalue weighted by Crippen LogP contribution is -2.24. The summed E-state index contributed by atoms with van der Waals surface area (Å²) in [6.45, 7) is 5.93. The Kier molecular flexibility index (Phi) is 5.59. The van der Waals surface area contributed by atoms with E-state index in [1.807, 2.05) is 13.0 Å². The van der Waals surface area contributed by atoms with E-state index in [4.69, 9.17) is 0 Å². The fourth-order valence-corrected chi connectivity index (χ4v) is 2.57. The van der Waals surface area contributed by atoms with Gasteiger partial charge in [0.1, 0.15) is 5.82 Å². The number of hydrogen-bond acceptors (Lipinski definition) is 5. The van der Waals surface area contributed by atoms with E-state index in [1.165, 1.54) is 0 Å². The second-order valence-corrected chi connectivity index (χ2v) is 5.70. The van der Waals surface area contributed by atoms with Crippen molar-refractivity contribution in [3.63, 3.8) is 0 Å². The van der Waals surface area contributed by atoms with Crippen molar-refractivity contribution < 1.29 is 5.11 Å². The molecule has 0 saturated heterocycles. The molecule has 5 nitrogen and oxygen atoms in total. The number of aryl methyl sites for hydroxylation is 1. The van der Waals surface area contributed by atoms with Gasteiger partial charge in [0.15, 0.2) is 0 Å². The normalized spacial score (nSPS) is 22.6. The largest absolute Gasteiger partial charge is 0.393 e. The first-order chi connectivity index (χ1) is 9.67. The molecule has 0 spiro atoms. The highest BCUT2D eigenvalue weighted by Gasteiger charge is 2.19. The minimum atomic E-state index is -0.0857. The molecule has 1 aromatic rings. The lowest BCUT2D eigenvalue weighted by molar-refractivity contribution is 0.111. The van der Waals surface area contributed by atoms with Crippen molar-refractivity contribution >= 4 is 11.8 Å². The van der Waals surface area contributed by atoms with Gasteiger partial charge in [-0.1, -0.05) is 6.92 Å². The molecular weight excluding hydrogens is 252 g/mol. The first kappa shape index (κ1) is 15.0. The Morgan fingerprint density at radius 1 is 1.20 bits per heavy atom. The van der Waals surface area contributed by atoms with Crippen LogP contribution in [0.15, 0.2) is 6.07 Å². The molecule has 0 aromatic carbocycles. The van der Waals surface area contributed by atoms with Crippen molar-refractivity contribution in [1.82, 2.24) is 9.97 Å². The second kappa shape index (κ2) is 7.43. The van der Waals surface area contributed by atoms with Gasteiger partial charge in [0.2, 0.25) is 5.95 Å². The maximum Gasteiger partial charge on any atom is 0.224 e. The van der Waals surface area contributed by atoms with Crippen LogP contribution in [-0.2, 0) is 0 Å². The highest BCUT2D eigenvalue weighted by Crippen LogP contribution is 2.24. The topological polar surface area (TPSA) is 70.1 Å². The lowest BCUT2D eigenvalue weighted by atomic mass is 9.87. The van der Waals surface area contributed by atoms with Crippen LogP contribution in [0.5, 0.6) is 0 Å². The number of aliphatic hydroxyl groups is 1. The Morgan fingerprint density at radius 3 is 2.65 bits per heavy atom. The quantitative estimate of drug-likeness (QED) is 0.746. The van der Waals surface area contributed by atoms with Crippen LogP contribution in [0, 0.1) is 12.8 Å². The predicted octanol–water partition coefficient (Wildman–Crippen LogP) is 2.57. The van der Waals surface area contributed by atoms with Crippen LogP contribution in [0.3, 0.4) is 0 Å². The molecule has 0 aliphatic heterocycles. The van der Waals surface area contributed by atoms with E-state index < -0.39 is 0 Å². The monoisotopic (exact) mass is 278 g/mol. The summed E-state index contributed by atoms with van der Waals surface area (Å²) in [5, 5.41) is 16.2. The van der Waals surface area contributed by atoms with Crippen molar-refractivity contribution in [2.24, 2.45) is 5.92 Å². The van der Waals surface area contributed by atoms with Crippen molar-refractivity contribution in [1.29, 1.82) is 0 Å². The van der Waals surface area contributed by atoms with Gasteiger partial charge < -0.3 is 15.7 Å². The molecule has 1 fully saturated rings. The Hall–Kier alpha value is -1.36. The minimum Gasteiger partial charge on any atom is -0.393 e. The summed E-state index contributed by atoms with van der Waals surface area (Å²) in [6, 6.07) is 1.98. The molecule has 2 rings (SSSR count). The van der Waals surface area contributed by atoms with Gasteiger partial charge >= 0.3 is 0 Å². The minimum absolute atomic E-state index is 0.0857. The highest BCUT2D eigenvalue weighted by atomic mass is 16.3. The van der Waals surface area contributed by atoms with Crippen molar-refractivity contribution in [3.05, 3.63) is 11.8 Å². The maximum atomic E-state index is 9.52. The molecule has 0 radical (unpaired) electrons. The lowest BCUT2D eigenvalue weighted by Gasteiger charge is -2.25. The van der Waals surface area contributed by atoms with E-state index in [1.54, 1.807) is 0 Å². The van der Waals surface area contributed by atoms with Gasteiger partial charge in [-0.25, -0.2) is 4.98 Å². The molecule has 1 aliphatic rings. The Balaban J connectivity index is 1.87. The average molecular weight is 278 g/mol. The fourth-order valence-electron chi connectivity index (χ4n) is 2.57. The van der Waals surface area contributed by atoms with E-state index >= 15 is 0 Å². The second-order valence-electron chi connectivity index (χ2n) is 5.70. The van der Waals surface area contributed by atoms with Gasteiger partial charge in [0, 0.05) is 24.8 Å². The molecule has 0 unspecified atom stereocenters. The molecule has 1 aromatic heterocycles. The first-order valence-corrected chi connectivity index (χ1v) is 7.69. The summed E-state index contributed by atoms with van der Waals surface area (Å²) in [5.74, 6) is 2.23. The van der Waals surface area contributed by atoms with E-state index in [0.29, 0.717) is 11.9 Å². The van der Waals surface area contributed by atoms with Gasteiger partial charge in [0.05, 0.1) is 6.10 Å². The van der Waals surface area contributed by atoms with Gasteiger partial charge in [-0.15, -0.1) is 0 Å². The molecule has 1 heterocycles. The van der Waals surface area contributed by atoms with E-state index in [0.717, 1.165) is 56.7 Å². The van der Waals surface area contributed by atoms with Gasteiger partial charge in [-0.2, -0.15) is 4.98 Å². The third-order valence-electron chi connectivity index (χ3n) is 3.78. The molecule has 0 bridgehead atoms. The predicted molar refractivity (Wildman–Crippen MR) is 82.0 cm³/mol. The van der Waals surface area contributed by atoms with Crippen LogP contribution < -0.4 is 10.6 Å². The average Bonchev–Trinajstić information content (AvgIpc) is 2.44. The molecule has 0 atom stereocenters. The van der Waals surface area contributed by atoms with Crippen LogP contribution in [0.1, 0.15) is 44.7 Å². The van der Waals surface area contributed by atoms with E-state index in [2.05, 4.69) is 27.5 Å². The van der Waals surface area contributed by atoms with Crippen molar-refractivity contribution in [2.45, 2.75) is 52.1 Å². The summed E-state index contributed by atoms with van der Waals surface area (Å²) >= 11 is 0. The smallest absolute Gasteiger partial charge is 0.224 e. The third kappa shape index (κ3) is 4.63. The van der Waals surface area contributed by atoms with Gasteiger partial charge in [0.25, 0.3) is 0 Å². The molecule has 1 aliphatic carbocycles. The zero-order chi connectivity index (χ0) is 14.4. The molecular formula is C15H26N4O. The summed E-state index contributed by atoms with van der Waals surface area (Å²) in [7, 11) is 0. The number of rotatable bonds is 6. The Bertz CT molecular complexity index is 416. The van der Waals surface area contributed by atoms with Crippen molar-refractivity contribution in [2.75, 3.05) is 23.7 Å². The van der Waals surface area contributed by atoms with E-state index in [9.17, 15) is 5.11 Å². The summed E-state index contributed by atoms with van der Waals surface area (Å²) in [4.78, 5) is 8.87. The van der Waals surface area contributed by atoms with Crippen LogP contribution in [0.2, 0.25) is 0 Å². The standard InChI is InChI=1S/C15H26N4O/c1-3-8-16-15-18-11(2)9-14(19-15)17-10-12-4-6-13(20)7-5-12/h9,12-13,20H,3-8,10H2,1-2H3,(H2,16,17,18,19).